The number of ether oxygens (including phenoxy) is 3. The molecule has 0 saturated heterocycles. The molecule has 0 bridgehead atoms. The van der Waals surface area contributed by atoms with E-state index in [0.717, 1.165) is 18.4 Å². The Kier molecular flexibility index (Phi) is 7.68. The molecule has 0 aliphatic heterocycles. The van der Waals surface area contributed by atoms with Crippen molar-refractivity contribution in [2.24, 2.45) is 0 Å². The summed E-state index contributed by atoms with van der Waals surface area (Å²) in [6.45, 7) is 10.2. The summed E-state index contributed by atoms with van der Waals surface area (Å²) in [6, 6.07) is 9.98. The van der Waals surface area contributed by atoms with Crippen LogP contribution in [0.15, 0.2) is 36.4 Å². The molecule has 0 spiro atoms. The van der Waals surface area contributed by atoms with Gasteiger partial charge in [0.25, 0.3) is 0 Å². The second kappa shape index (κ2) is 9.79. The molecule has 0 unspecified atom stereocenters. The maximum Gasteiger partial charge on any atom is 0.513 e. The Hall–Kier alpha value is -2.53. The van der Waals surface area contributed by atoms with Crippen molar-refractivity contribution >= 4 is 23.7 Å². The quantitative estimate of drug-likeness (QED) is 0.232. The second-order valence-corrected chi connectivity index (χ2v) is 8.26. The molecule has 0 aromatic heterocycles. The smallest absolute Gasteiger partial charge is 0.434 e. The van der Waals surface area contributed by atoms with E-state index in [1.807, 2.05) is 33.8 Å². The van der Waals surface area contributed by atoms with Gasteiger partial charge in [0.2, 0.25) is 0 Å². The summed E-state index contributed by atoms with van der Waals surface area (Å²) in [4.78, 5) is 24.7. The Bertz CT molecular complexity index is 866. The summed E-state index contributed by atoms with van der Waals surface area (Å²) < 4.78 is 16.1. The molecule has 0 heterocycles. The fraction of sp³-hybridized carbons (Fsp3) is 0.391. The van der Waals surface area contributed by atoms with Crippen LogP contribution in [0, 0.1) is 6.92 Å². The number of unbranched alkanes of at least 4 members (excludes halogenated alkanes) is 1. The highest BCUT2D eigenvalue weighted by Crippen LogP contribution is 2.37. The lowest BCUT2D eigenvalue weighted by molar-refractivity contribution is 0.0713. The predicted molar refractivity (Wildman–Crippen MR) is 113 cm³/mol. The minimum absolute atomic E-state index is 0.152. The van der Waals surface area contributed by atoms with Crippen molar-refractivity contribution in [3.05, 3.63) is 58.1 Å². The molecule has 0 N–H and O–H groups in total. The number of hydrogen-bond donors (Lipinski definition) is 0. The fourth-order valence-corrected chi connectivity index (χ4v) is 2.66. The summed E-state index contributed by atoms with van der Waals surface area (Å²) in [6.07, 6.45) is 0.817. The van der Waals surface area contributed by atoms with Gasteiger partial charge in [-0.2, -0.15) is 0 Å². The zero-order chi connectivity index (χ0) is 21.6. The average Bonchev–Trinajstić information content (AvgIpc) is 2.64. The van der Waals surface area contributed by atoms with Crippen molar-refractivity contribution in [3.63, 3.8) is 0 Å². The van der Waals surface area contributed by atoms with Crippen molar-refractivity contribution in [2.75, 3.05) is 6.61 Å². The summed E-state index contributed by atoms with van der Waals surface area (Å²) in [7, 11) is 0. The lowest BCUT2D eigenvalue weighted by Gasteiger charge is -2.22. The first-order valence-corrected chi connectivity index (χ1v) is 9.97. The first-order chi connectivity index (χ1) is 13.6. The molecule has 156 valence electrons. The monoisotopic (exact) mass is 418 g/mol. The van der Waals surface area contributed by atoms with Gasteiger partial charge < -0.3 is 14.2 Å². The van der Waals surface area contributed by atoms with E-state index in [9.17, 15) is 9.59 Å². The van der Waals surface area contributed by atoms with Crippen molar-refractivity contribution in [2.45, 2.75) is 52.9 Å². The minimum Gasteiger partial charge on any atom is -0.434 e. The zero-order valence-electron chi connectivity index (χ0n) is 17.5. The molecule has 0 amide bonds. The van der Waals surface area contributed by atoms with Crippen LogP contribution in [-0.2, 0) is 10.2 Å². The Balaban J connectivity index is 2.34. The number of aryl methyl sites for hydroxylation is 1. The van der Waals surface area contributed by atoms with Gasteiger partial charge in [-0.05, 0) is 60.2 Å². The highest BCUT2D eigenvalue weighted by atomic mass is 35.5. The zero-order valence-corrected chi connectivity index (χ0v) is 18.3. The van der Waals surface area contributed by atoms with E-state index in [4.69, 9.17) is 25.8 Å². The van der Waals surface area contributed by atoms with Crippen LogP contribution < -0.4 is 9.47 Å². The first-order valence-electron chi connectivity index (χ1n) is 9.59. The molecule has 0 radical (unpaired) electrons. The molecule has 2 aromatic rings. The summed E-state index contributed by atoms with van der Waals surface area (Å²) in [5, 5.41) is 0.520. The van der Waals surface area contributed by atoms with Crippen LogP contribution in [0.4, 0.5) is 4.79 Å². The maximum atomic E-state index is 12.6. The van der Waals surface area contributed by atoms with Crippen LogP contribution in [0.2, 0.25) is 5.02 Å². The molecule has 6 heteroatoms. The number of esters is 1. The standard InChI is InChI=1S/C23H27ClO5/c1-6-7-12-27-22(26)28-19-14-17(23(3,4)5)13-15(2)20(19)29-21(25)16-8-10-18(24)11-9-16/h8-11,13-14H,6-7,12H2,1-5H3. The maximum absolute atomic E-state index is 12.6. The number of benzene rings is 2. The van der Waals surface area contributed by atoms with E-state index in [0.29, 0.717) is 16.1 Å². The van der Waals surface area contributed by atoms with E-state index < -0.39 is 12.1 Å². The molecule has 29 heavy (non-hydrogen) atoms. The van der Waals surface area contributed by atoms with Crippen LogP contribution in [-0.4, -0.2) is 18.7 Å². The SMILES string of the molecule is CCCCOC(=O)Oc1cc(C(C)(C)C)cc(C)c1OC(=O)c1ccc(Cl)cc1. The molecular formula is C23H27ClO5. The van der Waals surface area contributed by atoms with Crippen LogP contribution in [0.25, 0.3) is 0 Å². The molecule has 0 aliphatic rings. The van der Waals surface area contributed by atoms with Gasteiger partial charge in [-0.25, -0.2) is 9.59 Å². The van der Waals surface area contributed by atoms with Gasteiger partial charge in [0.15, 0.2) is 11.5 Å². The molecule has 0 fully saturated rings. The lowest BCUT2D eigenvalue weighted by Crippen LogP contribution is -2.17. The fourth-order valence-electron chi connectivity index (χ4n) is 2.54. The molecular weight excluding hydrogens is 392 g/mol. The average molecular weight is 419 g/mol. The first kappa shape index (κ1) is 22.8. The van der Waals surface area contributed by atoms with Crippen LogP contribution in [0.5, 0.6) is 11.5 Å². The Morgan fingerprint density at radius 2 is 1.69 bits per heavy atom. The van der Waals surface area contributed by atoms with Gasteiger partial charge in [-0.1, -0.05) is 51.8 Å². The number of carbonyl (C=O) groups excluding carboxylic acids is 2. The van der Waals surface area contributed by atoms with Gasteiger partial charge in [0.05, 0.1) is 12.2 Å². The van der Waals surface area contributed by atoms with Crippen molar-refractivity contribution < 1.29 is 23.8 Å². The molecule has 0 atom stereocenters. The summed E-state index contributed by atoms with van der Waals surface area (Å²) >= 11 is 5.87. The van der Waals surface area contributed by atoms with Gasteiger partial charge in [0, 0.05) is 5.02 Å². The number of halogens is 1. The predicted octanol–water partition coefficient (Wildman–Crippen LogP) is 6.48. The highest BCUT2D eigenvalue weighted by molar-refractivity contribution is 6.30. The molecule has 0 saturated carbocycles. The minimum atomic E-state index is -0.826. The van der Waals surface area contributed by atoms with Gasteiger partial charge in [0.1, 0.15) is 0 Å². The Morgan fingerprint density at radius 1 is 1.03 bits per heavy atom. The Labute approximate surface area is 176 Å². The third-order valence-corrected chi connectivity index (χ3v) is 4.54. The molecule has 2 aromatic carbocycles. The van der Waals surface area contributed by atoms with E-state index in [1.165, 1.54) is 0 Å². The Morgan fingerprint density at radius 3 is 2.28 bits per heavy atom. The second-order valence-electron chi connectivity index (χ2n) is 7.82. The lowest BCUT2D eigenvalue weighted by atomic mass is 9.86. The van der Waals surface area contributed by atoms with E-state index >= 15 is 0 Å². The summed E-state index contributed by atoms with van der Waals surface area (Å²) in [5.74, 6) is -0.235. The van der Waals surface area contributed by atoms with Crippen LogP contribution in [0.3, 0.4) is 0 Å². The number of hydrogen-bond acceptors (Lipinski definition) is 5. The molecule has 5 nitrogen and oxygen atoms in total. The molecule has 2 rings (SSSR count). The van der Waals surface area contributed by atoms with Crippen molar-refractivity contribution in [1.82, 2.24) is 0 Å². The number of rotatable bonds is 6. The van der Waals surface area contributed by atoms with E-state index in [2.05, 4.69) is 0 Å². The highest BCUT2D eigenvalue weighted by Gasteiger charge is 2.23. The van der Waals surface area contributed by atoms with Crippen molar-refractivity contribution in [3.8, 4) is 11.5 Å². The van der Waals surface area contributed by atoms with Gasteiger partial charge in [-0.15, -0.1) is 0 Å². The normalized spacial score (nSPS) is 11.1. The van der Waals surface area contributed by atoms with Crippen LogP contribution in [0.1, 0.15) is 62.0 Å². The van der Waals surface area contributed by atoms with Crippen molar-refractivity contribution in [1.29, 1.82) is 0 Å². The van der Waals surface area contributed by atoms with Crippen LogP contribution >= 0.6 is 11.6 Å². The van der Waals surface area contributed by atoms with Gasteiger partial charge in [-0.3, -0.25) is 0 Å². The van der Waals surface area contributed by atoms with E-state index in [-0.39, 0.29) is 23.5 Å². The molecule has 0 aliphatic carbocycles. The van der Waals surface area contributed by atoms with E-state index in [1.54, 1.807) is 37.3 Å². The topological polar surface area (TPSA) is 61.8 Å². The number of carbonyl (C=O) groups is 2. The van der Waals surface area contributed by atoms with Gasteiger partial charge >= 0.3 is 12.1 Å². The largest absolute Gasteiger partial charge is 0.513 e. The third-order valence-electron chi connectivity index (χ3n) is 4.29. The third kappa shape index (κ3) is 6.50. The summed E-state index contributed by atoms with van der Waals surface area (Å²) in [5.41, 5.74) is 1.77.